The fourth-order valence-electron chi connectivity index (χ4n) is 3.10. The van der Waals surface area contributed by atoms with Gasteiger partial charge in [0.1, 0.15) is 24.2 Å². The van der Waals surface area contributed by atoms with E-state index in [-0.39, 0.29) is 34.8 Å². The van der Waals surface area contributed by atoms with Gasteiger partial charge in [-0.25, -0.2) is 0 Å². The Morgan fingerprint density at radius 3 is 2.50 bits per heavy atom. The van der Waals surface area contributed by atoms with Gasteiger partial charge in [0.05, 0.1) is 24.2 Å². The van der Waals surface area contributed by atoms with E-state index >= 15 is 0 Å². The molecule has 28 heavy (non-hydrogen) atoms. The minimum atomic E-state index is -4.40. The van der Waals surface area contributed by atoms with E-state index in [0.29, 0.717) is 28.5 Å². The Morgan fingerprint density at radius 1 is 1.14 bits per heavy atom. The van der Waals surface area contributed by atoms with Crippen molar-refractivity contribution in [3.8, 4) is 11.5 Å². The molecule has 2 unspecified atom stereocenters. The quantitative estimate of drug-likeness (QED) is 0.354. The molecule has 4 rings (SSSR count). The third kappa shape index (κ3) is 3.77. The molecule has 0 spiro atoms. The van der Waals surface area contributed by atoms with Crippen LogP contribution in [0.4, 0.5) is 0 Å². The molecular formula is C20H20O7S. The van der Waals surface area contributed by atoms with Crippen LogP contribution in [0.1, 0.15) is 6.92 Å². The number of fused-ring (bicyclic) bond motifs is 2. The van der Waals surface area contributed by atoms with Crippen molar-refractivity contribution < 1.29 is 32.3 Å². The van der Waals surface area contributed by atoms with Crippen LogP contribution in [-0.4, -0.2) is 50.1 Å². The van der Waals surface area contributed by atoms with Crippen molar-refractivity contribution >= 4 is 31.7 Å². The lowest BCUT2D eigenvalue weighted by Gasteiger charge is -2.18. The van der Waals surface area contributed by atoms with E-state index in [1.165, 1.54) is 18.2 Å². The smallest absolute Gasteiger partial charge is 0.294 e. The lowest BCUT2D eigenvalue weighted by atomic mass is 10.0. The molecule has 1 heterocycles. The molecule has 0 aliphatic carbocycles. The van der Waals surface area contributed by atoms with E-state index in [4.69, 9.17) is 14.2 Å². The highest BCUT2D eigenvalue weighted by Crippen LogP contribution is 2.42. The molecule has 1 aliphatic heterocycles. The molecule has 2 atom stereocenters. The van der Waals surface area contributed by atoms with Crippen LogP contribution in [0.15, 0.2) is 47.4 Å². The van der Waals surface area contributed by atoms with Crippen molar-refractivity contribution in [3.63, 3.8) is 0 Å². The van der Waals surface area contributed by atoms with Gasteiger partial charge in [0.2, 0.25) is 0 Å². The van der Waals surface area contributed by atoms with Gasteiger partial charge in [0.15, 0.2) is 0 Å². The summed E-state index contributed by atoms with van der Waals surface area (Å²) in [6.07, 6.45) is -0.0134. The van der Waals surface area contributed by atoms with Crippen LogP contribution in [0.5, 0.6) is 11.5 Å². The van der Waals surface area contributed by atoms with Crippen molar-refractivity contribution in [2.45, 2.75) is 24.0 Å². The Bertz CT molecular complexity index is 1140. The first-order valence-electron chi connectivity index (χ1n) is 8.85. The number of hydrogen-bond donors (Lipinski definition) is 2. The van der Waals surface area contributed by atoms with E-state index in [0.717, 1.165) is 6.61 Å². The Hall–Kier alpha value is -2.39. The van der Waals surface area contributed by atoms with Crippen molar-refractivity contribution in [1.82, 2.24) is 0 Å². The normalized spacial score (nSPS) is 17.7. The van der Waals surface area contributed by atoms with E-state index in [1.54, 1.807) is 12.1 Å². The summed E-state index contributed by atoms with van der Waals surface area (Å²) in [7, 11) is -4.40. The Labute approximate surface area is 162 Å². The number of hydrogen-bond acceptors (Lipinski definition) is 6. The topological polar surface area (TPSA) is 106 Å². The Balaban J connectivity index is 1.76. The molecule has 7 nitrogen and oxygen atoms in total. The summed E-state index contributed by atoms with van der Waals surface area (Å²) < 4.78 is 49.2. The molecule has 0 radical (unpaired) electrons. The van der Waals surface area contributed by atoms with E-state index in [2.05, 4.69) is 0 Å². The van der Waals surface area contributed by atoms with Gasteiger partial charge in [-0.1, -0.05) is 24.3 Å². The molecule has 0 aromatic heterocycles. The van der Waals surface area contributed by atoms with Gasteiger partial charge in [-0.2, -0.15) is 8.42 Å². The summed E-state index contributed by atoms with van der Waals surface area (Å²) in [6.45, 7) is 3.40. The molecule has 0 saturated carbocycles. The molecule has 0 bridgehead atoms. The number of benzene rings is 3. The number of ether oxygens (including phenoxy) is 3. The molecule has 0 amide bonds. The van der Waals surface area contributed by atoms with E-state index < -0.39 is 10.1 Å². The summed E-state index contributed by atoms with van der Waals surface area (Å²) in [5, 5.41) is 12.7. The maximum atomic E-state index is 11.5. The highest BCUT2D eigenvalue weighted by molar-refractivity contribution is 7.85. The third-order valence-electron chi connectivity index (χ3n) is 4.65. The monoisotopic (exact) mass is 404 g/mol. The number of rotatable bonds is 7. The van der Waals surface area contributed by atoms with Gasteiger partial charge in [-0.15, -0.1) is 0 Å². The third-order valence-corrected chi connectivity index (χ3v) is 5.50. The highest BCUT2D eigenvalue weighted by atomic mass is 32.2. The molecule has 3 aromatic carbocycles. The summed E-state index contributed by atoms with van der Waals surface area (Å²) in [6, 6.07) is 11.2. The minimum absolute atomic E-state index is 0.0707. The van der Waals surface area contributed by atoms with Crippen LogP contribution >= 0.6 is 0 Å². The standard InChI is InChI=1S/C20H20O7S/c1-12(25-10-13-11-26-13)9-27-20-16-5-3-2-4-15(16)19(21)18-8-14(28(22,23)24)6-7-17(18)20/h2-8,12-13,21H,9-11H2,1H3,(H,22,23,24). The SMILES string of the molecule is CC(COc1c2ccccc2c(O)c2cc(S(=O)(=O)O)ccc12)OCC1CO1. The van der Waals surface area contributed by atoms with Crippen LogP contribution in [-0.2, 0) is 19.6 Å². The average Bonchev–Trinajstić information content (AvgIpc) is 3.50. The number of phenols is 1. The maximum Gasteiger partial charge on any atom is 0.294 e. The highest BCUT2D eigenvalue weighted by Gasteiger charge is 2.24. The van der Waals surface area contributed by atoms with Gasteiger partial charge in [0.25, 0.3) is 10.1 Å². The first-order chi connectivity index (χ1) is 13.3. The van der Waals surface area contributed by atoms with Gasteiger partial charge < -0.3 is 19.3 Å². The van der Waals surface area contributed by atoms with Crippen LogP contribution in [0.25, 0.3) is 21.5 Å². The molecule has 8 heteroatoms. The molecule has 1 aliphatic rings. The van der Waals surface area contributed by atoms with Gasteiger partial charge in [-0.05, 0) is 25.1 Å². The zero-order chi connectivity index (χ0) is 19.9. The zero-order valence-electron chi connectivity index (χ0n) is 15.2. The van der Waals surface area contributed by atoms with Gasteiger partial charge in [-0.3, -0.25) is 4.55 Å². The second-order valence-corrected chi connectivity index (χ2v) is 8.24. The molecule has 2 N–H and O–H groups in total. The summed E-state index contributed by atoms with van der Waals surface area (Å²) >= 11 is 0. The molecule has 1 saturated heterocycles. The van der Waals surface area contributed by atoms with Crippen LogP contribution in [0.2, 0.25) is 0 Å². The predicted molar refractivity (Wildman–Crippen MR) is 104 cm³/mol. The molecule has 3 aromatic rings. The fraction of sp³-hybridized carbons (Fsp3) is 0.300. The lowest BCUT2D eigenvalue weighted by molar-refractivity contribution is 0.0248. The van der Waals surface area contributed by atoms with Crippen LogP contribution < -0.4 is 4.74 Å². The first kappa shape index (κ1) is 18.9. The maximum absolute atomic E-state index is 11.5. The number of phenolic OH excluding ortho intramolecular Hbond substituents is 1. The first-order valence-corrected chi connectivity index (χ1v) is 10.3. The average molecular weight is 404 g/mol. The number of aromatic hydroxyl groups is 1. The predicted octanol–water partition coefficient (Wildman–Crippen LogP) is 3.13. The van der Waals surface area contributed by atoms with Crippen molar-refractivity contribution in [2.75, 3.05) is 19.8 Å². The zero-order valence-corrected chi connectivity index (χ0v) is 16.0. The second kappa shape index (κ2) is 7.21. The van der Waals surface area contributed by atoms with Crippen LogP contribution in [0, 0.1) is 0 Å². The second-order valence-electron chi connectivity index (χ2n) is 6.82. The summed E-state index contributed by atoms with van der Waals surface area (Å²) in [5.74, 6) is 0.446. The van der Waals surface area contributed by atoms with E-state index in [9.17, 15) is 18.1 Å². The minimum Gasteiger partial charge on any atom is -0.507 e. The van der Waals surface area contributed by atoms with Gasteiger partial charge >= 0.3 is 0 Å². The summed E-state index contributed by atoms with van der Waals surface area (Å²) in [5.41, 5.74) is 0. The number of epoxide rings is 1. The Morgan fingerprint density at radius 2 is 1.82 bits per heavy atom. The summed E-state index contributed by atoms with van der Waals surface area (Å²) in [4.78, 5) is -0.294. The molecule has 148 valence electrons. The van der Waals surface area contributed by atoms with Crippen molar-refractivity contribution in [3.05, 3.63) is 42.5 Å². The molecular weight excluding hydrogens is 384 g/mol. The van der Waals surface area contributed by atoms with Gasteiger partial charge in [0, 0.05) is 21.5 Å². The lowest BCUT2D eigenvalue weighted by Crippen LogP contribution is -2.20. The Kier molecular flexibility index (Phi) is 4.88. The largest absolute Gasteiger partial charge is 0.507 e. The van der Waals surface area contributed by atoms with E-state index in [1.807, 2.05) is 19.1 Å². The molecule has 1 fully saturated rings. The fourth-order valence-corrected chi connectivity index (χ4v) is 3.60. The van der Waals surface area contributed by atoms with Crippen molar-refractivity contribution in [2.24, 2.45) is 0 Å². The van der Waals surface area contributed by atoms with Crippen LogP contribution in [0.3, 0.4) is 0 Å². The van der Waals surface area contributed by atoms with Crippen molar-refractivity contribution in [1.29, 1.82) is 0 Å².